The fourth-order valence-electron chi connectivity index (χ4n) is 2.88. The standard InChI is InChI=1S/C18H23N3O3/c1-23-12-15-17(24-11-13-5-3-2-4-6-13)18(22)21-16(20-15)9-14-7-8-19-10-14/h2-6,14,19H,7-12H2,1H3,(H,20,21,22). The first-order valence-electron chi connectivity index (χ1n) is 8.21. The highest BCUT2D eigenvalue weighted by atomic mass is 16.5. The van der Waals surface area contributed by atoms with Crippen LogP contribution >= 0.6 is 0 Å². The van der Waals surface area contributed by atoms with E-state index in [9.17, 15) is 5.11 Å². The summed E-state index contributed by atoms with van der Waals surface area (Å²) in [6, 6.07) is 9.78. The summed E-state index contributed by atoms with van der Waals surface area (Å²) in [6.07, 6.45) is 1.85. The third-order valence-corrected chi connectivity index (χ3v) is 4.10. The van der Waals surface area contributed by atoms with Crippen molar-refractivity contribution in [1.82, 2.24) is 15.3 Å². The smallest absolute Gasteiger partial charge is 0.258 e. The Morgan fingerprint density at radius 3 is 2.75 bits per heavy atom. The van der Waals surface area contributed by atoms with Crippen LogP contribution in [0.15, 0.2) is 30.3 Å². The lowest BCUT2D eigenvalue weighted by Crippen LogP contribution is -2.13. The number of hydrogen-bond acceptors (Lipinski definition) is 6. The Morgan fingerprint density at radius 1 is 1.21 bits per heavy atom. The third kappa shape index (κ3) is 4.21. The second-order valence-electron chi connectivity index (χ2n) is 6.01. The van der Waals surface area contributed by atoms with Crippen molar-refractivity contribution in [2.24, 2.45) is 5.92 Å². The van der Waals surface area contributed by atoms with E-state index in [0.29, 0.717) is 29.8 Å². The molecule has 6 heteroatoms. The zero-order chi connectivity index (χ0) is 16.8. The van der Waals surface area contributed by atoms with Crippen molar-refractivity contribution in [3.63, 3.8) is 0 Å². The Morgan fingerprint density at radius 2 is 2.04 bits per heavy atom. The minimum Gasteiger partial charge on any atom is -0.491 e. The Labute approximate surface area is 141 Å². The fourth-order valence-corrected chi connectivity index (χ4v) is 2.88. The van der Waals surface area contributed by atoms with E-state index in [0.717, 1.165) is 31.5 Å². The topological polar surface area (TPSA) is 76.5 Å². The van der Waals surface area contributed by atoms with Crippen molar-refractivity contribution in [1.29, 1.82) is 0 Å². The average Bonchev–Trinajstić information content (AvgIpc) is 3.08. The first kappa shape index (κ1) is 16.7. The number of aromatic nitrogens is 2. The molecular formula is C18H23N3O3. The van der Waals surface area contributed by atoms with Crippen molar-refractivity contribution in [2.75, 3.05) is 20.2 Å². The Kier molecular flexibility index (Phi) is 5.61. The summed E-state index contributed by atoms with van der Waals surface area (Å²) in [7, 11) is 1.60. The van der Waals surface area contributed by atoms with Gasteiger partial charge in [-0.25, -0.2) is 4.98 Å². The molecule has 1 saturated heterocycles. The molecule has 1 aromatic heterocycles. The maximum Gasteiger partial charge on any atom is 0.258 e. The predicted octanol–water partition coefficient (Wildman–Crippen LogP) is 2.06. The highest BCUT2D eigenvalue weighted by molar-refractivity contribution is 5.37. The van der Waals surface area contributed by atoms with Gasteiger partial charge in [-0.15, -0.1) is 0 Å². The lowest BCUT2D eigenvalue weighted by Gasteiger charge is -2.14. The predicted molar refractivity (Wildman–Crippen MR) is 89.9 cm³/mol. The van der Waals surface area contributed by atoms with Crippen LogP contribution in [0.2, 0.25) is 0 Å². The van der Waals surface area contributed by atoms with E-state index in [4.69, 9.17) is 9.47 Å². The molecule has 3 rings (SSSR count). The highest BCUT2D eigenvalue weighted by Crippen LogP contribution is 2.29. The molecule has 24 heavy (non-hydrogen) atoms. The van der Waals surface area contributed by atoms with Gasteiger partial charge in [0.05, 0.1) is 6.61 Å². The molecule has 1 aliphatic rings. The van der Waals surface area contributed by atoms with Crippen LogP contribution in [0.4, 0.5) is 0 Å². The number of methoxy groups -OCH3 is 1. The molecule has 0 radical (unpaired) electrons. The monoisotopic (exact) mass is 329 g/mol. The fraction of sp³-hybridized carbons (Fsp3) is 0.444. The second-order valence-corrected chi connectivity index (χ2v) is 6.01. The van der Waals surface area contributed by atoms with Gasteiger partial charge in [0, 0.05) is 13.5 Å². The van der Waals surface area contributed by atoms with Crippen molar-refractivity contribution in [3.8, 4) is 11.6 Å². The van der Waals surface area contributed by atoms with Gasteiger partial charge in [0.1, 0.15) is 18.1 Å². The van der Waals surface area contributed by atoms with Gasteiger partial charge in [0.25, 0.3) is 5.88 Å². The number of nitrogens with one attached hydrogen (secondary N) is 1. The van der Waals surface area contributed by atoms with Crippen LogP contribution in [0.3, 0.4) is 0 Å². The van der Waals surface area contributed by atoms with Crippen LogP contribution in [-0.2, 0) is 24.4 Å². The quantitative estimate of drug-likeness (QED) is 0.810. The van der Waals surface area contributed by atoms with E-state index < -0.39 is 0 Å². The number of aromatic hydroxyl groups is 1. The lowest BCUT2D eigenvalue weighted by atomic mass is 10.0. The Balaban J connectivity index is 1.76. The maximum absolute atomic E-state index is 10.3. The van der Waals surface area contributed by atoms with E-state index in [2.05, 4.69) is 15.3 Å². The summed E-state index contributed by atoms with van der Waals surface area (Å²) in [4.78, 5) is 8.78. The molecule has 2 aromatic rings. The number of nitrogens with zero attached hydrogens (tertiary/aromatic N) is 2. The maximum atomic E-state index is 10.3. The summed E-state index contributed by atoms with van der Waals surface area (Å²) in [5.74, 6) is 1.33. The molecule has 2 N–H and O–H groups in total. The normalized spacial score (nSPS) is 17.1. The summed E-state index contributed by atoms with van der Waals surface area (Å²) < 4.78 is 11.0. The van der Waals surface area contributed by atoms with Crippen LogP contribution in [0.1, 0.15) is 23.5 Å². The number of benzene rings is 1. The summed E-state index contributed by atoms with van der Waals surface area (Å²) >= 11 is 0. The molecular weight excluding hydrogens is 306 g/mol. The molecule has 0 aliphatic carbocycles. The van der Waals surface area contributed by atoms with Gasteiger partial charge >= 0.3 is 0 Å². The zero-order valence-electron chi connectivity index (χ0n) is 13.9. The minimum atomic E-state index is -0.117. The molecule has 0 saturated carbocycles. The number of hydrogen-bond donors (Lipinski definition) is 2. The van der Waals surface area contributed by atoms with Gasteiger partial charge in [-0.1, -0.05) is 30.3 Å². The van der Waals surface area contributed by atoms with E-state index in [1.54, 1.807) is 7.11 Å². The van der Waals surface area contributed by atoms with E-state index in [1.165, 1.54) is 0 Å². The highest BCUT2D eigenvalue weighted by Gasteiger charge is 2.20. The summed E-state index contributed by atoms with van der Waals surface area (Å²) in [5, 5.41) is 13.6. The second kappa shape index (κ2) is 8.08. The van der Waals surface area contributed by atoms with Crippen LogP contribution in [-0.4, -0.2) is 35.3 Å². The molecule has 1 fully saturated rings. The molecule has 2 heterocycles. The molecule has 0 amide bonds. The first-order valence-corrected chi connectivity index (χ1v) is 8.21. The van der Waals surface area contributed by atoms with Gasteiger partial charge in [0.2, 0.25) is 5.75 Å². The molecule has 1 aliphatic heterocycles. The molecule has 1 atom stereocenters. The van der Waals surface area contributed by atoms with Crippen molar-refractivity contribution < 1.29 is 14.6 Å². The lowest BCUT2D eigenvalue weighted by molar-refractivity contribution is 0.172. The number of rotatable bonds is 7. The van der Waals surface area contributed by atoms with Crippen LogP contribution < -0.4 is 10.1 Å². The molecule has 1 unspecified atom stereocenters. The van der Waals surface area contributed by atoms with E-state index >= 15 is 0 Å². The van der Waals surface area contributed by atoms with Crippen LogP contribution in [0.25, 0.3) is 0 Å². The van der Waals surface area contributed by atoms with Gasteiger partial charge in [-0.05, 0) is 31.0 Å². The van der Waals surface area contributed by atoms with Crippen molar-refractivity contribution in [2.45, 2.75) is 26.1 Å². The summed E-state index contributed by atoms with van der Waals surface area (Å²) in [6.45, 7) is 2.62. The van der Waals surface area contributed by atoms with Crippen LogP contribution in [0, 0.1) is 5.92 Å². The molecule has 0 bridgehead atoms. The molecule has 0 spiro atoms. The first-order chi connectivity index (χ1) is 11.8. The minimum absolute atomic E-state index is 0.117. The van der Waals surface area contributed by atoms with Gasteiger partial charge in [-0.2, -0.15) is 4.98 Å². The Bertz CT molecular complexity index is 658. The van der Waals surface area contributed by atoms with E-state index in [1.807, 2.05) is 30.3 Å². The van der Waals surface area contributed by atoms with Crippen LogP contribution in [0.5, 0.6) is 11.6 Å². The van der Waals surface area contributed by atoms with Crippen molar-refractivity contribution in [3.05, 3.63) is 47.4 Å². The van der Waals surface area contributed by atoms with Gasteiger partial charge < -0.3 is 19.9 Å². The van der Waals surface area contributed by atoms with E-state index in [-0.39, 0.29) is 12.5 Å². The SMILES string of the molecule is COCc1nc(CC2CCNC2)nc(O)c1OCc1ccccc1. The largest absolute Gasteiger partial charge is 0.491 e. The van der Waals surface area contributed by atoms with Gasteiger partial charge in [0.15, 0.2) is 0 Å². The molecule has 6 nitrogen and oxygen atoms in total. The molecule has 1 aromatic carbocycles. The number of ether oxygens (including phenoxy) is 2. The average molecular weight is 329 g/mol. The summed E-state index contributed by atoms with van der Waals surface area (Å²) in [5.41, 5.74) is 1.60. The third-order valence-electron chi connectivity index (χ3n) is 4.10. The van der Waals surface area contributed by atoms with Gasteiger partial charge in [-0.3, -0.25) is 0 Å². The zero-order valence-corrected chi connectivity index (χ0v) is 13.9. The molecule has 128 valence electrons. The van der Waals surface area contributed by atoms with Crippen molar-refractivity contribution >= 4 is 0 Å². The Hall–Kier alpha value is -2.18.